The lowest BCUT2D eigenvalue weighted by Gasteiger charge is -2.33. The Morgan fingerprint density at radius 1 is 0.886 bits per heavy atom. The van der Waals surface area contributed by atoms with E-state index in [1.54, 1.807) is 45.0 Å². The Balaban J connectivity index is 1.76. The Morgan fingerprint density at radius 3 is 1.89 bits per heavy atom. The van der Waals surface area contributed by atoms with Gasteiger partial charge in [-0.2, -0.15) is 26.3 Å². The highest BCUT2D eigenvalue weighted by Gasteiger charge is 2.71. The van der Waals surface area contributed by atoms with Gasteiger partial charge < -0.3 is 19.9 Å². The molecular weight excluding hydrogens is 594 g/mol. The van der Waals surface area contributed by atoms with Crippen molar-refractivity contribution in [2.24, 2.45) is 0 Å². The van der Waals surface area contributed by atoms with Crippen molar-refractivity contribution in [3.8, 4) is 11.5 Å². The number of imide groups is 1. The summed E-state index contributed by atoms with van der Waals surface area (Å²) in [7, 11) is 1.52. The van der Waals surface area contributed by atoms with Gasteiger partial charge in [0, 0.05) is 12.1 Å². The van der Waals surface area contributed by atoms with E-state index in [1.165, 1.54) is 7.11 Å². The smallest absolute Gasteiger partial charge is 0.430 e. The number of ether oxygens (including phenoxy) is 2. The van der Waals surface area contributed by atoms with Crippen LogP contribution in [0.2, 0.25) is 0 Å². The molecule has 1 aliphatic rings. The van der Waals surface area contributed by atoms with Gasteiger partial charge in [0.25, 0.3) is 11.5 Å². The molecule has 1 fully saturated rings. The van der Waals surface area contributed by atoms with Gasteiger partial charge >= 0.3 is 18.4 Å². The third kappa shape index (κ3) is 6.62. The van der Waals surface area contributed by atoms with E-state index in [9.17, 15) is 41.0 Å². The largest absolute Gasteiger partial charge is 0.497 e. The van der Waals surface area contributed by atoms with Crippen LogP contribution in [0, 0.1) is 0 Å². The zero-order valence-corrected chi connectivity index (χ0v) is 25.1. The highest BCUT2D eigenvalue weighted by molar-refractivity contribution is 6.07. The molecule has 0 saturated carbocycles. The minimum Gasteiger partial charge on any atom is -0.497 e. The monoisotopic (exact) mass is 632 g/mol. The number of unbranched alkanes of at least 4 members (excludes halogenated alkanes) is 1. The molecule has 244 valence electrons. The van der Waals surface area contributed by atoms with Gasteiger partial charge in [-0.15, -0.1) is 0 Å². The van der Waals surface area contributed by atoms with E-state index < -0.39 is 41.0 Å². The van der Waals surface area contributed by atoms with Gasteiger partial charge in [0.1, 0.15) is 17.0 Å². The van der Waals surface area contributed by atoms with E-state index in [2.05, 4.69) is 5.32 Å². The standard InChI is InChI=1S/C31H38F6N2O5/c1-5-10-20-18-23(29(42,30(32,33)34)31(35,36)37)19-21(11-6-2)25(20)44-17-9-8-16-39-26(40)28(7-3,38-27(39)41)22-12-14-24(43-4)15-13-22/h12-15,18-19,42H,5-11,16-17H2,1-4H3,(H,38,41). The second-order valence-corrected chi connectivity index (χ2v) is 10.8. The molecule has 0 bridgehead atoms. The molecule has 1 saturated heterocycles. The highest BCUT2D eigenvalue weighted by atomic mass is 19.4. The van der Waals surface area contributed by atoms with Crippen LogP contribution in [0.25, 0.3) is 0 Å². The molecule has 0 radical (unpaired) electrons. The average molecular weight is 633 g/mol. The molecule has 0 aliphatic carbocycles. The normalized spacial score (nSPS) is 17.7. The molecule has 1 atom stereocenters. The summed E-state index contributed by atoms with van der Waals surface area (Å²) in [5.74, 6) is 0.386. The summed E-state index contributed by atoms with van der Waals surface area (Å²) in [5, 5.41) is 12.8. The molecule has 1 aliphatic heterocycles. The number of hydrogen-bond donors (Lipinski definition) is 2. The number of rotatable bonds is 14. The maximum absolute atomic E-state index is 13.6. The van der Waals surface area contributed by atoms with Crippen LogP contribution in [0.1, 0.15) is 75.1 Å². The van der Waals surface area contributed by atoms with Crippen LogP contribution >= 0.6 is 0 Å². The number of alkyl halides is 6. The number of nitrogens with one attached hydrogen (secondary N) is 1. The van der Waals surface area contributed by atoms with Gasteiger partial charge in [-0.05, 0) is 73.1 Å². The Labute approximate surface area is 252 Å². The summed E-state index contributed by atoms with van der Waals surface area (Å²) in [6.45, 7) is 5.35. The summed E-state index contributed by atoms with van der Waals surface area (Å²) in [4.78, 5) is 27.3. The number of aryl methyl sites for hydroxylation is 2. The second kappa shape index (κ2) is 13.7. The van der Waals surface area contributed by atoms with Crippen molar-refractivity contribution in [1.82, 2.24) is 10.2 Å². The number of urea groups is 1. The van der Waals surface area contributed by atoms with E-state index in [0.29, 0.717) is 43.4 Å². The van der Waals surface area contributed by atoms with E-state index in [4.69, 9.17) is 9.47 Å². The lowest BCUT2D eigenvalue weighted by Crippen LogP contribution is -2.54. The van der Waals surface area contributed by atoms with E-state index in [1.807, 2.05) is 0 Å². The fourth-order valence-corrected chi connectivity index (χ4v) is 5.44. The summed E-state index contributed by atoms with van der Waals surface area (Å²) in [6.07, 6.45) is -9.94. The molecule has 1 unspecified atom stereocenters. The molecule has 44 heavy (non-hydrogen) atoms. The Kier molecular flexibility index (Phi) is 10.9. The molecule has 2 aromatic rings. The van der Waals surface area contributed by atoms with E-state index in [-0.39, 0.29) is 42.9 Å². The third-order valence-electron chi connectivity index (χ3n) is 7.83. The lowest BCUT2D eigenvalue weighted by atomic mass is 9.87. The summed E-state index contributed by atoms with van der Waals surface area (Å²) < 4.78 is 92.9. The fourth-order valence-electron chi connectivity index (χ4n) is 5.44. The number of nitrogens with zero attached hydrogens (tertiary/aromatic N) is 1. The summed E-state index contributed by atoms with van der Waals surface area (Å²) >= 11 is 0. The van der Waals surface area contributed by atoms with E-state index >= 15 is 0 Å². The minimum absolute atomic E-state index is 0.0383. The van der Waals surface area contributed by atoms with Crippen molar-refractivity contribution < 1.29 is 50.5 Å². The van der Waals surface area contributed by atoms with Crippen molar-refractivity contribution in [2.45, 2.75) is 89.2 Å². The van der Waals surface area contributed by atoms with E-state index in [0.717, 1.165) is 17.0 Å². The maximum atomic E-state index is 13.6. The Hall–Kier alpha value is -3.48. The van der Waals surface area contributed by atoms with Gasteiger partial charge in [-0.1, -0.05) is 45.7 Å². The van der Waals surface area contributed by atoms with Crippen LogP contribution in [0.3, 0.4) is 0 Å². The predicted octanol–water partition coefficient (Wildman–Crippen LogP) is 6.93. The number of carbonyl (C=O) groups is 2. The molecule has 2 aromatic carbocycles. The molecule has 2 N–H and O–H groups in total. The van der Waals surface area contributed by atoms with Crippen molar-refractivity contribution in [2.75, 3.05) is 20.3 Å². The Morgan fingerprint density at radius 2 is 1.43 bits per heavy atom. The van der Waals surface area contributed by atoms with Gasteiger partial charge in [0.15, 0.2) is 0 Å². The van der Waals surface area contributed by atoms with Crippen LogP contribution in [0.15, 0.2) is 36.4 Å². The summed E-state index contributed by atoms with van der Waals surface area (Å²) in [5.41, 5.74) is -6.69. The van der Waals surface area contributed by atoms with Crippen molar-refractivity contribution in [1.29, 1.82) is 0 Å². The van der Waals surface area contributed by atoms with Crippen LogP contribution in [-0.4, -0.2) is 54.6 Å². The first-order valence-electron chi connectivity index (χ1n) is 14.5. The Bertz CT molecular complexity index is 1270. The second-order valence-electron chi connectivity index (χ2n) is 10.8. The number of hydrogen-bond acceptors (Lipinski definition) is 5. The van der Waals surface area contributed by atoms with Crippen molar-refractivity contribution in [3.05, 3.63) is 58.7 Å². The van der Waals surface area contributed by atoms with Gasteiger partial charge in [-0.3, -0.25) is 9.69 Å². The predicted molar refractivity (Wildman–Crippen MR) is 150 cm³/mol. The molecule has 0 spiro atoms. The molecule has 7 nitrogen and oxygen atoms in total. The average Bonchev–Trinajstić information content (AvgIpc) is 3.21. The SMILES string of the molecule is CCCc1cc(C(O)(C(F)(F)F)C(F)(F)F)cc(CCC)c1OCCCCN1C(=O)NC(CC)(c2ccc(OC)cc2)C1=O. The number of benzene rings is 2. The van der Waals surface area contributed by atoms with Crippen LogP contribution in [0.4, 0.5) is 31.1 Å². The van der Waals surface area contributed by atoms with Crippen molar-refractivity contribution in [3.63, 3.8) is 0 Å². The minimum atomic E-state index is -6.00. The molecular formula is C31H38F6N2O5. The summed E-state index contributed by atoms with van der Waals surface area (Å²) in [6, 6.07) is 7.73. The van der Waals surface area contributed by atoms with Gasteiger partial charge in [0.2, 0.25) is 0 Å². The molecule has 13 heteroatoms. The molecule has 3 rings (SSSR count). The number of carbonyl (C=O) groups excluding carboxylic acids is 2. The molecule has 3 amide bonds. The topological polar surface area (TPSA) is 88.1 Å². The lowest BCUT2D eigenvalue weighted by molar-refractivity contribution is -0.376. The number of amides is 3. The quantitative estimate of drug-likeness (QED) is 0.134. The number of aliphatic hydroxyl groups is 1. The first-order chi connectivity index (χ1) is 20.6. The third-order valence-corrected chi connectivity index (χ3v) is 7.83. The highest BCUT2D eigenvalue weighted by Crippen LogP contribution is 2.51. The molecule has 0 aromatic heterocycles. The molecule has 1 heterocycles. The van der Waals surface area contributed by atoms with Gasteiger partial charge in [-0.25, -0.2) is 4.79 Å². The van der Waals surface area contributed by atoms with Gasteiger partial charge in [0.05, 0.1) is 13.7 Å². The number of halogens is 6. The zero-order valence-electron chi connectivity index (χ0n) is 25.1. The van der Waals surface area contributed by atoms with Crippen LogP contribution < -0.4 is 14.8 Å². The van der Waals surface area contributed by atoms with Crippen LogP contribution in [0.5, 0.6) is 11.5 Å². The zero-order chi connectivity index (χ0) is 32.9. The van der Waals surface area contributed by atoms with Crippen molar-refractivity contribution >= 4 is 11.9 Å². The fraction of sp³-hybridized carbons (Fsp3) is 0.548. The van der Waals surface area contributed by atoms with Crippen LogP contribution in [-0.2, 0) is 28.8 Å². The first-order valence-corrected chi connectivity index (χ1v) is 14.5. The first kappa shape index (κ1) is 35.0. The maximum Gasteiger partial charge on any atom is 0.430 e. The number of methoxy groups -OCH3 is 1.